The Hall–Kier alpha value is -2.82. The molecular formula is C22H27NO4. The lowest BCUT2D eigenvalue weighted by Crippen LogP contribution is -2.14. The van der Waals surface area contributed by atoms with Crippen molar-refractivity contribution in [3.05, 3.63) is 53.1 Å². The van der Waals surface area contributed by atoms with E-state index >= 15 is 0 Å². The molecule has 0 aliphatic carbocycles. The maximum Gasteiger partial charge on any atom is 0.224 e. The second kappa shape index (κ2) is 9.76. The van der Waals surface area contributed by atoms with E-state index in [0.717, 1.165) is 18.4 Å². The fourth-order valence-electron chi connectivity index (χ4n) is 2.85. The van der Waals surface area contributed by atoms with Crippen LogP contribution in [-0.2, 0) is 11.2 Å². The Morgan fingerprint density at radius 2 is 1.59 bits per heavy atom. The molecule has 144 valence electrons. The minimum atomic E-state index is -0.207. The minimum Gasteiger partial charge on any atom is -0.493 e. The standard InChI is InChI=1S/C22H27NO4/c1-5-6-16-7-9-17(10-8-16)19(24)11-12-22(25)23-18-14-21(27-4)20(26-3)13-15(18)2/h7-10,13-14H,5-6,11-12H2,1-4H3,(H,23,25). The number of hydrogen-bond donors (Lipinski definition) is 1. The molecule has 0 aromatic heterocycles. The van der Waals surface area contributed by atoms with Crippen LogP contribution in [0.1, 0.15) is 47.7 Å². The van der Waals surface area contributed by atoms with Gasteiger partial charge in [-0.2, -0.15) is 0 Å². The monoisotopic (exact) mass is 369 g/mol. The summed E-state index contributed by atoms with van der Waals surface area (Å²) in [6.45, 7) is 4.00. The number of benzene rings is 2. The van der Waals surface area contributed by atoms with E-state index in [1.807, 2.05) is 31.2 Å². The van der Waals surface area contributed by atoms with E-state index in [1.54, 1.807) is 26.4 Å². The topological polar surface area (TPSA) is 64.6 Å². The Kier molecular flexibility index (Phi) is 7.41. The van der Waals surface area contributed by atoms with Gasteiger partial charge in [-0.05, 0) is 30.5 Å². The summed E-state index contributed by atoms with van der Waals surface area (Å²) in [7, 11) is 3.11. The number of Topliss-reactive ketones (excluding diaryl/α,β-unsaturated/α-hetero) is 1. The number of aryl methyl sites for hydroxylation is 2. The molecule has 2 rings (SSSR count). The van der Waals surface area contributed by atoms with Gasteiger partial charge in [-0.3, -0.25) is 9.59 Å². The van der Waals surface area contributed by atoms with Crippen molar-refractivity contribution in [1.29, 1.82) is 0 Å². The van der Waals surface area contributed by atoms with Gasteiger partial charge < -0.3 is 14.8 Å². The highest BCUT2D eigenvalue weighted by Crippen LogP contribution is 2.32. The average Bonchev–Trinajstić information content (AvgIpc) is 2.68. The summed E-state index contributed by atoms with van der Waals surface area (Å²) >= 11 is 0. The Balaban J connectivity index is 1.95. The number of anilines is 1. The minimum absolute atomic E-state index is 0.0303. The molecule has 0 saturated carbocycles. The van der Waals surface area contributed by atoms with E-state index in [1.165, 1.54) is 5.56 Å². The molecule has 1 N–H and O–H groups in total. The number of methoxy groups -OCH3 is 2. The summed E-state index contributed by atoms with van der Waals surface area (Å²) in [6.07, 6.45) is 2.37. The molecule has 0 spiro atoms. The lowest BCUT2D eigenvalue weighted by atomic mass is 10.0. The quantitative estimate of drug-likeness (QED) is 0.658. The van der Waals surface area contributed by atoms with Crippen molar-refractivity contribution in [3.8, 4) is 11.5 Å². The van der Waals surface area contributed by atoms with Crippen LogP contribution in [-0.4, -0.2) is 25.9 Å². The molecule has 5 nitrogen and oxygen atoms in total. The summed E-state index contributed by atoms with van der Waals surface area (Å²) in [5.74, 6) is 0.912. The van der Waals surface area contributed by atoms with Crippen molar-refractivity contribution in [2.45, 2.75) is 39.5 Å². The molecule has 0 aliphatic rings. The number of ketones is 1. The summed E-state index contributed by atoms with van der Waals surface area (Å²) in [5, 5.41) is 2.84. The molecule has 2 aromatic rings. The van der Waals surface area contributed by atoms with Gasteiger partial charge >= 0.3 is 0 Å². The van der Waals surface area contributed by atoms with Gasteiger partial charge in [-0.1, -0.05) is 37.6 Å². The van der Waals surface area contributed by atoms with Gasteiger partial charge in [0.05, 0.1) is 14.2 Å². The summed E-state index contributed by atoms with van der Waals surface area (Å²) in [4.78, 5) is 24.6. The van der Waals surface area contributed by atoms with Crippen LogP contribution in [0.3, 0.4) is 0 Å². The van der Waals surface area contributed by atoms with Crippen LogP contribution < -0.4 is 14.8 Å². The maximum absolute atomic E-state index is 12.3. The van der Waals surface area contributed by atoms with Crippen molar-refractivity contribution in [3.63, 3.8) is 0 Å². The van der Waals surface area contributed by atoms with Crippen LogP contribution in [0.4, 0.5) is 5.69 Å². The Labute approximate surface area is 160 Å². The van der Waals surface area contributed by atoms with Gasteiger partial charge in [-0.15, -0.1) is 0 Å². The van der Waals surface area contributed by atoms with Crippen molar-refractivity contribution in [2.24, 2.45) is 0 Å². The zero-order valence-corrected chi connectivity index (χ0v) is 16.4. The highest BCUT2D eigenvalue weighted by Gasteiger charge is 2.13. The number of ether oxygens (including phenoxy) is 2. The number of hydrogen-bond acceptors (Lipinski definition) is 4. The first-order valence-corrected chi connectivity index (χ1v) is 9.13. The summed E-state index contributed by atoms with van der Waals surface area (Å²) in [5.41, 5.74) is 3.37. The number of carbonyl (C=O) groups excluding carboxylic acids is 2. The zero-order chi connectivity index (χ0) is 19.8. The molecule has 0 bridgehead atoms. The van der Waals surface area contributed by atoms with E-state index in [-0.39, 0.29) is 24.5 Å². The van der Waals surface area contributed by atoms with Crippen molar-refractivity contribution >= 4 is 17.4 Å². The van der Waals surface area contributed by atoms with E-state index < -0.39 is 0 Å². The average molecular weight is 369 g/mol. The van der Waals surface area contributed by atoms with Crippen LogP contribution in [0.25, 0.3) is 0 Å². The van der Waals surface area contributed by atoms with Crippen molar-refractivity contribution in [2.75, 3.05) is 19.5 Å². The van der Waals surface area contributed by atoms with Gasteiger partial charge in [-0.25, -0.2) is 0 Å². The Morgan fingerprint density at radius 1 is 0.963 bits per heavy atom. The SMILES string of the molecule is CCCc1ccc(C(=O)CCC(=O)Nc2cc(OC)c(OC)cc2C)cc1. The van der Waals surface area contributed by atoms with Gasteiger partial charge in [0.1, 0.15) is 0 Å². The fraction of sp³-hybridized carbons (Fsp3) is 0.364. The van der Waals surface area contributed by atoms with Crippen LogP contribution in [0.15, 0.2) is 36.4 Å². The molecule has 0 atom stereocenters. The van der Waals surface area contributed by atoms with Crippen LogP contribution >= 0.6 is 0 Å². The highest BCUT2D eigenvalue weighted by molar-refractivity contribution is 6.00. The van der Waals surface area contributed by atoms with E-state index in [0.29, 0.717) is 22.7 Å². The Bertz CT molecular complexity index is 797. The van der Waals surface area contributed by atoms with Crippen LogP contribution in [0.5, 0.6) is 11.5 Å². The molecule has 0 radical (unpaired) electrons. The fourth-order valence-corrected chi connectivity index (χ4v) is 2.85. The molecule has 0 heterocycles. The molecule has 0 saturated heterocycles. The zero-order valence-electron chi connectivity index (χ0n) is 16.4. The lowest BCUT2D eigenvalue weighted by molar-refractivity contribution is -0.116. The van der Waals surface area contributed by atoms with Crippen LogP contribution in [0.2, 0.25) is 0 Å². The molecule has 2 aromatic carbocycles. The second-order valence-corrected chi connectivity index (χ2v) is 6.44. The van der Waals surface area contributed by atoms with Crippen molar-refractivity contribution < 1.29 is 19.1 Å². The first kappa shape index (κ1) is 20.5. The molecule has 1 amide bonds. The molecule has 5 heteroatoms. The van der Waals surface area contributed by atoms with Gasteiger partial charge in [0.2, 0.25) is 5.91 Å². The van der Waals surface area contributed by atoms with Crippen molar-refractivity contribution in [1.82, 2.24) is 0 Å². The molecule has 0 aliphatic heterocycles. The van der Waals surface area contributed by atoms with Crippen LogP contribution in [0, 0.1) is 6.92 Å². The van der Waals surface area contributed by atoms with Gasteiger partial charge in [0.25, 0.3) is 0 Å². The maximum atomic E-state index is 12.3. The van der Waals surface area contributed by atoms with E-state index in [4.69, 9.17) is 9.47 Å². The number of rotatable bonds is 9. The normalized spacial score (nSPS) is 10.4. The molecular weight excluding hydrogens is 342 g/mol. The van der Waals surface area contributed by atoms with E-state index in [2.05, 4.69) is 12.2 Å². The largest absolute Gasteiger partial charge is 0.493 e. The highest BCUT2D eigenvalue weighted by atomic mass is 16.5. The molecule has 0 unspecified atom stereocenters. The molecule has 27 heavy (non-hydrogen) atoms. The molecule has 0 fully saturated rings. The smallest absolute Gasteiger partial charge is 0.224 e. The van der Waals surface area contributed by atoms with E-state index in [9.17, 15) is 9.59 Å². The van der Waals surface area contributed by atoms with Gasteiger partial charge in [0.15, 0.2) is 17.3 Å². The second-order valence-electron chi connectivity index (χ2n) is 6.44. The summed E-state index contributed by atoms with van der Waals surface area (Å²) < 4.78 is 10.5. The predicted molar refractivity (Wildman–Crippen MR) is 107 cm³/mol. The Morgan fingerprint density at radius 3 is 2.19 bits per heavy atom. The third-order valence-corrected chi connectivity index (χ3v) is 4.40. The lowest BCUT2D eigenvalue weighted by Gasteiger charge is -2.13. The van der Waals surface area contributed by atoms with Gasteiger partial charge in [0, 0.05) is 30.2 Å². The number of carbonyl (C=O) groups is 2. The third-order valence-electron chi connectivity index (χ3n) is 4.40. The third kappa shape index (κ3) is 5.58. The first-order valence-electron chi connectivity index (χ1n) is 9.13. The number of nitrogens with one attached hydrogen (secondary N) is 1. The summed E-state index contributed by atoms with van der Waals surface area (Å²) in [6, 6.07) is 11.2. The predicted octanol–water partition coefficient (Wildman–Crippen LogP) is 4.57. The first-order chi connectivity index (χ1) is 13.0. The number of amides is 1.